The molecule has 4 heterocycles. The first-order valence-electron chi connectivity index (χ1n) is 14.8. The number of nitrogens with zero attached hydrogens (tertiary/aromatic N) is 4. The third-order valence-corrected chi connectivity index (χ3v) is 9.35. The quantitative estimate of drug-likeness (QED) is 0.409. The van der Waals surface area contributed by atoms with Gasteiger partial charge in [0, 0.05) is 86.8 Å². The van der Waals surface area contributed by atoms with Crippen LogP contribution in [0.4, 0.5) is 17.1 Å². The van der Waals surface area contributed by atoms with Crippen molar-refractivity contribution in [3.8, 4) is 5.75 Å². The summed E-state index contributed by atoms with van der Waals surface area (Å²) in [6, 6.07) is 10.0. The molecule has 3 amide bonds. The Bertz CT molecular complexity index is 1350. The molecule has 10 heteroatoms. The third kappa shape index (κ3) is 5.09. The SMILES string of the molecule is CCc1cc(N)c(OC)cc1N1CCC(N2CCN(c3cccc4c3CN(C3CCC(=O)NC3=O)C4=O)CC2)CC1. The Balaban J connectivity index is 1.07. The zero-order chi connectivity index (χ0) is 28.7. The van der Waals surface area contributed by atoms with Crippen molar-refractivity contribution in [2.24, 2.45) is 0 Å². The van der Waals surface area contributed by atoms with E-state index in [1.165, 1.54) is 11.3 Å². The molecule has 6 rings (SSSR count). The largest absolute Gasteiger partial charge is 0.495 e. The van der Waals surface area contributed by atoms with Gasteiger partial charge in [-0.05, 0) is 49.4 Å². The highest BCUT2D eigenvalue weighted by Gasteiger charge is 2.40. The first-order chi connectivity index (χ1) is 19.9. The summed E-state index contributed by atoms with van der Waals surface area (Å²) < 4.78 is 5.50. The lowest BCUT2D eigenvalue weighted by atomic mass is 9.99. The number of nitrogens with two attached hydrogens (primary N) is 1. The Kier molecular flexibility index (Phi) is 7.50. The van der Waals surface area contributed by atoms with Crippen LogP contribution in [0.5, 0.6) is 5.75 Å². The smallest absolute Gasteiger partial charge is 0.255 e. The van der Waals surface area contributed by atoms with Crippen LogP contribution in [-0.4, -0.2) is 86.0 Å². The van der Waals surface area contributed by atoms with Gasteiger partial charge in [0.2, 0.25) is 11.8 Å². The molecule has 2 aromatic carbocycles. The predicted octanol–water partition coefficient (Wildman–Crippen LogP) is 2.39. The summed E-state index contributed by atoms with van der Waals surface area (Å²) in [6.45, 7) is 8.36. The van der Waals surface area contributed by atoms with Gasteiger partial charge in [0.1, 0.15) is 11.8 Å². The first-order valence-corrected chi connectivity index (χ1v) is 14.8. The van der Waals surface area contributed by atoms with Gasteiger partial charge in [-0.2, -0.15) is 0 Å². The number of rotatable bonds is 6. The average molecular weight is 561 g/mol. The summed E-state index contributed by atoms with van der Waals surface area (Å²) in [6.07, 6.45) is 3.81. The second-order valence-corrected chi connectivity index (χ2v) is 11.5. The number of amides is 3. The molecule has 0 spiro atoms. The van der Waals surface area contributed by atoms with Gasteiger partial charge in [-0.25, -0.2) is 0 Å². The van der Waals surface area contributed by atoms with E-state index >= 15 is 0 Å². The van der Waals surface area contributed by atoms with Gasteiger partial charge in [-0.15, -0.1) is 0 Å². The molecule has 3 saturated heterocycles. The number of methoxy groups -OCH3 is 1. The molecule has 0 radical (unpaired) electrons. The van der Waals surface area contributed by atoms with E-state index in [-0.39, 0.29) is 24.1 Å². The molecular weight excluding hydrogens is 520 g/mol. The Labute approximate surface area is 241 Å². The monoisotopic (exact) mass is 560 g/mol. The van der Waals surface area contributed by atoms with Gasteiger partial charge in [0.15, 0.2) is 0 Å². The van der Waals surface area contributed by atoms with E-state index in [1.54, 1.807) is 12.0 Å². The van der Waals surface area contributed by atoms with Crippen molar-refractivity contribution in [2.75, 3.05) is 61.9 Å². The number of fused-ring (bicyclic) bond motifs is 1. The van der Waals surface area contributed by atoms with Crippen LogP contribution in [0.2, 0.25) is 0 Å². The van der Waals surface area contributed by atoms with E-state index in [2.05, 4.69) is 45.1 Å². The number of nitrogen functional groups attached to an aromatic ring is 1. The minimum Gasteiger partial charge on any atom is -0.495 e. The Morgan fingerprint density at radius 3 is 2.37 bits per heavy atom. The highest BCUT2D eigenvalue weighted by atomic mass is 16.5. The molecule has 0 saturated carbocycles. The van der Waals surface area contributed by atoms with Gasteiger partial charge >= 0.3 is 0 Å². The number of piperazine rings is 1. The molecule has 4 aliphatic heterocycles. The molecule has 0 bridgehead atoms. The topological polar surface area (TPSA) is 111 Å². The molecule has 10 nitrogen and oxygen atoms in total. The number of carbonyl (C=O) groups is 3. The highest BCUT2D eigenvalue weighted by Crippen LogP contribution is 2.36. The van der Waals surface area contributed by atoms with Crippen molar-refractivity contribution < 1.29 is 19.1 Å². The molecule has 4 aliphatic rings. The van der Waals surface area contributed by atoms with E-state index in [4.69, 9.17) is 10.5 Å². The Hall–Kier alpha value is -3.79. The maximum atomic E-state index is 13.3. The van der Waals surface area contributed by atoms with Crippen LogP contribution < -0.4 is 25.6 Å². The zero-order valence-electron chi connectivity index (χ0n) is 24.0. The molecule has 0 aliphatic carbocycles. The van der Waals surface area contributed by atoms with E-state index in [9.17, 15) is 14.4 Å². The first kappa shape index (κ1) is 27.4. The predicted molar refractivity (Wildman–Crippen MR) is 158 cm³/mol. The molecule has 218 valence electrons. The maximum absolute atomic E-state index is 13.3. The van der Waals surface area contributed by atoms with Crippen LogP contribution in [0, 0.1) is 0 Å². The van der Waals surface area contributed by atoms with E-state index in [0.717, 1.165) is 75.5 Å². The number of imide groups is 1. The summed E-state index contributed by atoms with van der Waals surface area (Å²) in [5, 5.41) is 2.39. The standard InChI is InChI=1S/C31H40N6O4/c1-3-20-17-24(32)28(41-2)18-27(20)35-11-9-21(10-12-35)34-13-15-36(16-14-34)25-6-4-5-22-23(25)19-37(31(22)40)26-7-8-29(38)33-30(26)39/h4-6,17-18,21,26H,3,7-16,19,32H2,1-2H3,(H,33,38,39). The number of piperidine rings is 2. The summed E-state index contributed by atoms with van der Waals surface area (Å²) in [5.74, 6) is -0.0163. The molecular formula is C31H40N6O4. The molecule has 0 aromatic heterocycles. The van der Waals surface area contributed by atoms with Gasteiger partial charge in [0.25, 0.3) is 5.91 Å². The number of hydrogen-bond acceptors (Lipinski definition) is 8. The van der Waals surface area contributed by atoms with E-state index in [1.807, 2.05) is 12.1 Å². The summed E-state index contributed by atoms with van der Waals surface area (Å²) in [4.78, 5) is 46.5. The van der Waals surface area contributed by atoms with Crippen molar-refractivity contribution >= 4 is 34.8 Å². The number of nitrogens with one attached hydrogen (secondary N) is 1. The zero-order valence-corrected chi connectivity index (χ0v) is 24.0. The fourth-order valence-electron chi connectivity index (χ4n) is 7.05. The number of carbonyl (C=O) groups excluding carboxylic acids is 3. The van der Waals surface area contributed by atoms with Crippen molar-refractivity contribution in [1.29, 1.82) is 0 Å². The minimum absolute atomic E-state index is 0.119. The normalized spacial score (nSPS) is 22.2. The molecule has 2 aromatic rings. The summed E-state index contributed by atoms with van der Waals surface area (Å²) >= 11 is 0. The molecule has 1 atom stereocenters. The third-order valence-electron chi connectivity index (χ3n) is 9.35. The lowest BCUT2D eigenvalue weighted by Gasteiger charge is -2.44. The van der Waals surface area contributed by atoms with Crippen LogP contribution >= 0.6 is 0 Å². The molecule has 3 fully saturated rings. The number of ether oxygens (including phenoxy) is 1. The van der Waals surface area contributed by atoms with Crippen molar-refractivity contribution in [3.05, 3.63) is 47.0 Å². The Morgan fingerprint density at radius 1 is 0.951 bits per heavy atom. The lowest BCUT2D eigenvalue weighted by molar-refractivity contribution is -0.136. The summed E-state index contributed by atoms with van der Waals surface area (Å²) in [5.41, 5.74) is 12.1. The fraction of sp³-hybridized carbons (Fsp3) is 0.516. The van der Waals surface area contributed by atoms with Crippen molar-refractivity contribution in [2.45, 2.75) is 57.7 Å². The van der Waals surface area contributed by atoms with Crippen LogP contribution in [0.3, 0.4) is 0 Å². The van der Waals surface area contributed by atoms with Crippen LogP contribution in [0.25, 0.3) is 0 Å². The average Bonchev–Trinajstić information content (AvgIpc) is 3.33. The van der Waals surface area contributed by atoms with E-state index < -0.39 is 6.04 Å². The van der Waals surface area contributed by atoms with Crippen molar-refractivity contribution in [1.82, 2.24) is 15.1 Å². The van der Waals surface area contributed by atoms with Crippen LogP contribution in [0.1, 0.15) is 54.1 Å². The number of benzene rings is 2. The Morgan fingerprint density at radius 2 is 1.68 bits per heavy atom. The van der Waals surface area contributed by atoms with Gasteiger partial charge < -0.3 is 25.2 Å². The van der Waals surface area contributed by atoms with Gasteiger partial charge in [-0.1, -0.05) is 13.0 Å². The molecule has 3 N–H and O–H groups in total. The summed E-state index contributed by atoms with van der Waals surface area (Å²) in [7, 11) is 1.67. The van der Waals surface area contributed by atoms with Crippen LogP contribution in [0.15, 0.2) is 30.3 Å². The second-order valence-electron chi connectivity index (χ2n) is 11.5. The molecule has 41 heavy (non-hydrogen) atoms. The van der Waals surface area contributed by atoms with Crippen molar-refractivity contribution in [3.63, 3.8) is 0 Å². The van der Waals surface area contributed by atoms with Crippen LogP contribution in [-0.2, 0) is 22.6 Å². The lowest BCUT2D eigenvalue weighted by Crippen LogP contribution is -2.53. The highest BCUT2D eigenvalue weighted by molar-refractivity contribution is 6.06. The minimum atomic E-state index is -0.592. The number of anilines is 3. The number of aryl methyl sites for hydroxylation is 1. The molecule has 1 unspecified atom stereocenters. The van der Waals surface area contributed by atoms with E-state index in [0.29, 0.717) is 30.3 Å². The maximum Gasteiger partial charge on any atom is 0.255 e. The number of hydrogen-bond donors (Lipinski definition) is 2. The fourth-order valence-corrected chi connectivity index (χ4v) is 7.05. The van der Waals surface area contributed by atoms with Gasteiger partial charge in [0.05, 0.1) is 12.8 Å². The second kappa shape index (κ2) is 11.2. The van der Waals surface area contributed by atoms with Gasteiger partial charge in [-0.3, -0.25) is 24.6 Å².